The molecule has 0 N–H and O–H groups in total. The standard InChI is InChI=1S/C17H27F9/c1-3-4-5-6-7-8-9-10-13(2)11-12-14(18,19)15(20,21)16(22,23)17(24,25)26/h13H,3-12H2,1-2H3. The van der Waals surface area contributed by atoms with Gasteiger partial charge in [0.2, 0.25) is 0 Å². The summed E-state index contributed by atoms with van der Waals surface area (Å²) in [6, 6.07) is 0. The van der Waals surface area contributed by atoms with Gasteiger partial charge in [0.15, 0.2) is 0 Å². The molecule has 0 saturated carbocycles. The fourth-order valence-corrected chi connectivity index (χ4v) is 2.59. The minimum Gasteiger partial charge on any atom is -0.200 e. The van der Waals surface area contributed by atoms with Crippen molar-refractivity contribution in [3.63, 3.8) is 0 Å². The molecule has 0 aliphatic heterocycles. The van der Waals surface area contributed by atoms with E-state index in [2.05, 4.69) is 6.92 Å². The molecule has 26 heavy (non-hydrogen) atoms. The van der Waals surface area contributed by atoms with Crippen LogP contribution in [-0.2, 0) is 0 Å². The molecule has 9 heteroatoms. The Labute approximate surface area is 148 Å². The molecule has 0 rings (SSSR count). The van der Waals surface area contributed by atoms with Crippen LogP contribution in [0.15, 0.2) is 0 Å². The number of hydrogen-bond acceptors (Lipinski definition) is 0. The third-order valence-electron chi connectivity index (χ3n) is 4.46. The maximum Gasteiger partial charge on any atom is 0.460 e. The molecule has 0 aliphatic rings. The van der Waals surface area contributed by atoms with Gasteiger partial charge < -0.3 is 0 Å². The molecule has 158 valence electrons. The second-order valence-corrected chi connectivity index (χ2v) is 6.90. The highest BCUT2D eigenvalue weighted by Crippen LogP contribution is 2.54. The molecule has 0 fully saturated rings. The maximum absolute atomic E-state index is 13.4. The largest absolute Gasteiger partial charge is 0.460 e. The SMILES string of the molecule is CCCCCCCCCC(C)CCC(F)(F)C(F)(F)C(F)(F)C(F)(F)F. The molecule has 0 aromatic carbocycles. The zero-order valence-electron chi connectivity index (χ0n) is 15.1. The van der Waals surface area contributed by atoms with Crippen LogP contribution in [0.2, 0.25) is 0 Å². The van der Waals surface area contributed by atoms with Crippen molar-refractivity contribution in [2.45, 2.75) is 102 Å². The van der Waals surface area contributed by atoms with Gasteiger partial charge in [0.1, 0.15) is 0 Å². The number of alkyl halides is 9. The van der Waals surface area contributed by atoms with E-state index < -0.39 is 42.7 Å². The molecular weight excluding hydrogens is 375 g/mol. The van der Waals surface area contributed by atoms with Gasteiger partial charge in [-0.3, -0.25) is 0 Å². The van der Waals surface area contributed by atoms with Crippen LogP contribution in [-0.4, -0.2) is 23.9 Å². The van der Waals surface area contributed by atoms with E-state index in [0.717, 1.165) is 38.5 Å². The van der Waals surface area contributed by atoms with Crippen molar-refractivity contribution in [3.8, 4) is 0 Å². The number of unbranched alkanes of at least 4 members (excludes halogenated alkanes) is 6. The third kappa shape index (κ3) is 6.83. The van der Waals surface area contributed by atoms with Gasteiger partial charge in [-0.15, -0.1) is 0 Å². The second kappa shape index (κ2) is 10.1. The Morgan fingerprint density at radius 2 is 1.08 bits per heavy atom. The quantitative estimate of drug-likeness (QED) is 0.216. The van der Waals surface area contributed by atoms with Crippen LogP contribution in [0, 0.1) is 5.92 Å². The van der Waals surface area contributed by atoms with Gasteiger partial charge in [0, 0.05) is 6.42 Å². The van der Waals surface area contributed by atoms with Gasteiger partial charge in [-0.2, -0.15) is 39.5 Å². The molecule has 0 aliphatic carbocycles. The smallest absolute Gasteiger partial charge is 0.200 e. The average molecular weight is 402 g/mol. The molecule has 0 aromatic rings. The summed E-state index contributed by atoms with van der Waals surface area (Å²) in [5.74, 6) is -19.2. The lowest BCUT2D eigenvalue weighted by atomic mass is 9.92. The van der Waals surface area contributed by atoms with Crippen LogP contribution in [0.1, 0.15) is 78.1 Å². The minimum atomic E-state index is -6.79. The summed E-state index contributed by atoms with van der Waals surface area (Å²) in [5, 5.41) is 0. The van der Waals surface area contributed by atoms with Gasteiger partial charge in [-0.1, -0.05) is 65.2 Å². The van der Waals surface area contributed by atoms with Crippen LogP contribution in [0.25, 0.3) is 0 Å². The molecule has 0 amide bonds. The third-order valence-corrected chi connectivity index (χ3v) is 4.46. The molecule has 0 spiro atoms. The molecule has 0 nitrogen and oxygen atoms in total. The Kier molecular flexibility index (Phi) is 9.82. The van der Waals surface area contributed by atoms with Gasteiger partial charge >= 0.3 is 23.9 Å². The molecule has 0 radical (unpaired) electrons. The van der Waals surface area contributed by atoms with Crippen LogP contribution < -0.4 is 0 Å². The van der Waals surface area contributed by atoms with Crippen molar-refractivity contribution in [2.75, 3.05) is 0 Å². The zero-order valence-corrected chi connectivity index (χ0v) is 15.1. The van der Waals surface area contributed by atoms with E-state index in [-0.39, 0.29) is 0 Å². The number of hydrogen-bond donors (Lipinski definition) is 0. The number of rotatable bonds is 13. The fourth-order valence-electron chi connectivity index (χ4n) is 2.59. The van der Waals surface area contributed by atoms with Crippen LogP contribution >= 0.6 is 0 Å². The molecule has 0 saturated heterocycles. The summed E-state index contributed by atoms with van der Waals surface area (Å²) in [6.45, 7) is 3.57. The summed E-state index contributed by atoms with van der Waals surface area (Å²) >= 11 is 0. The van der Waals surface area contributed by atoms with Crippen molar-refractivity contribution in [1.29, 1.82) is 0 Å². The Hall–Kier alpha value is -0.630. The predicted octanol–water partition coefficient (Wildman–Crippen LogP) is 8.01. The highest BCUT2D eigenvalue weighted by atomic mass is 19.4. The van der Waals surface area contributed by atoms with Crippen molar-refractivity contribution in [1.82, 2.24) is 0 Å². The zero-order chi connectivity index (χ0) is 20.6. The Balaban J connectivity index is 4.41. The van der Waals surface area contributed by atoms with E-state index in [1.807, 2.05) is 0 Å². The van der Waals surface area contributed by atoms with Crippen molar-refractivity contribution < 1.29 is 39.5 Å². The van der Waals surface area contributed by atoms with E-state index in [0.29, 0.717) is 12.8 Å². The molecule has 0 aromatic heterocycles. The van der Waals surface area contributed by atoms with E-state index in [4.69, 9.17) is 0 Å². The lowest BCUT2D eigenvalue weighted by Crippen LogP contribution is -2.60. The molecule has 0 heterocycles. The average Bonchev–Trinajstić information content (AvgIpc) is 2.50. The predicted molar refractivity (Wildman–Crippen MR) is 81.9 cm³/mol. The highest BCUT2D eigenvalue weighted by molar-refractivity contribution is 5.00. The number of halogens is 9. The second-order valence-electron chi connectivity index (χ2n) is 6.90. The molecule has 1 unspecified atom stereocenters. The van der Waals surface area contributed by atoms with Gasteiger partial charge in [0.25, 0.3) is 0 Å². The first kappa shape index (κ1) is 25.4. The molecular formula is C17H27F9. The lowest BCUT2D eigenvalue weighted by Gasteiger charge is -2.34. The van der Waals surface area contributed by atoms with Crippen molar-refractivity contribution >= 4 is 0 Å². The summed E-state index contributed by atoms with van der Waals surface area (Å²) in [7, 11) is 0. The van der Waals surface area contributed by atoms with Crippen molar-refractivity contribution in [2.24, 2.45) is 5.92 Å². The van der Waals surface area contributed by atoms with Crippen LogP contribution in [0.5, 0.6) is 0 Å². The normalized spacial score (nSPS) is 15.3. The van der Waals surface area contributed by atoms with Crippen LogP contribution in [0.4, 0.5) is 39.5 Å². The van der Waals surface area contributed by atoms with Gasteiger partial charge in [-0.25, -0.2) is 0 Å². The molecule has 0 bridgehead atoms. The van der Waals surface area contributed by atoms with Crippen LogP contribution in [0.3, 0.4) is 0 Å². The maximum atomic E-state index is 13.4. The van der Waals surface area contributed by atoms with E-state index in [1.54, 1.807) is 0 Å². The molecule has 1 atom stereocenters. The first-order chi connectivity index (χ1) is 11.7. The monoisotopic (exact) mass is 402 g/mol. The highest BCUT2D eigenvalue weighted by Gasteiger charge is 2.81. The first-order valence-corrected chi connectivity index (χ1v) is 8.91. The Bertz CT molecular complexity index is 388. The van der Waals surface area contributed by atoms with Gasteiger partial charge in [-0.05, 0) is 12.3 Å². The summed E-state index contributed by atoms with van der Waals surface area (Å²) in [4.78, 5) is 0. The first-order valence-electron chi connectivity index (χ1n) is 8.91. The van der Waals surface area contributed by atoms with E-state index in [9.17, 15) is 39.5 Å². The van der Waals surface area contributed by atoms with Gasteiger partial charge in [0.05, 0.1) is 0 Å². The van der Waals surface area contributed by atoms with E-state index >= 15 is 0 Å². The van der Waals surface area contributed by atoms with E-state index in [1.165, 1.54) is 6.92 Å². The Morgan fingerprint density at radius 1 is 0.615 bits per heavy atom. The fraction of sp³-hybridized carbons (Fsp3) is 1.00. The van der Waals surface area contributed by atoms with Crippen molar-refractivity contribution in [3.05, 3.63) is 0 Å². The summed E-state index contributed by atoms with van der Waals surface area (Å²) < 4.78 is 115. The summed E-state index contributed by atoms with van der Waals surface area (Å²) in [6.07, 6.45) is -1.74. The lowest BCUT2D eigenvalue weighted by molar-refractivity contribution is -0.397. The summed E-state index contributed by atoms with van der Waals surface area (Å²) in [5.41, 5.74) is 0. The topological polar surface area (TPSA) is 0 Å². The minimum absolute atomic E-state index is 0.436. The Morgan fingerprint density at radius 3 is 1.54 bits per heavy atom.